The van der Waals surface area contributed by atoms with Gasteiger partial charge in [0.2, 0.25) is 0 Å². The molecule has 0 aliphatic rings. The first-order valence-electron chi connectivity index (χ1n) is 10.6. The molecule has 5 nitrogen and oxygen atoms in total. The summed E-state index contributed by atoms with van der Waals surface area (Å²) in [4.78, 5) is 17.9. The smallest absolute Gasteiger partial charge is 0.416 e. The molecule has 0 unspecified atom stereocenters. The number of aromatic nitrogens is 3. The summed E-state index contributed by atoms with van der Waals surface area (Å²) in [5, 5.41) is 4.18. The van der Waals surface area contributed by atoms with E-state index >= 15 is 0 Å². The lowest BCUT2D eigenvalue weighted by atomic mass is 10.1. The lowest BCUT2D eigenvalue weighted by Crippen LogP contribution is -2.16. The van der Waals surface area contributed by atoms with Crippen molar-refractivity contribution in [2.45, 2.75) is 22.6 Å². The van der Waals surface area contributed by atoms with Crippen LogP contribution in [0.2, 0.25) is 0 Å². The van der Waals surface area contributed by atoms with Crippen LogP contribution in [0.25, 0.3) is 16.8 Å². The highest BCUT2D eigenvalue weighted by Crippen LogP contribution is 2.32. The van der Waals surface area contributed by atoms with Crippen molar-refractivity contribution in [2.24, 2.45) is 0 Å². The normalized spacial score (nSPS) is 11.6. The number of H-pyrrole nitrogens is 1. The van der Waals surface area contributed by atoms with Crippen LogP contribution in [-0.2, 0) is 12.8 Å². The number of ether oxygens (including phenoxy) is 1. The highest BCUT2D eigenvalue weighted by Gasteiger charge is 2.30. The van der Waals surface area contributed by atoms with E-state index in [1.54, 1.807) is 18.0 Å². The van der Waals surface area contributed by atoms with E-state index in [-0.39, 0.29) is 17.9 Å². The molecule has 0 radical (unpaired) electrons. The Kier molecular flexibility index (Phi) is 6.08. The van der Waals surface area contributed by atoms with Crippen molar-refractivity contribution in [3.63, 3.8) is 0 Å². The highest BCUT2D eigenvalue weighted by atomic mass is 32.2. The van der Waals surface area contributed by atoms with E-state index in [0.717, 1.165) is 33.1 Å². The van der Waals surface area contributed by atoms with Gasteiger partial charge >= 0.3 is 6.18 Å². The van der Waals surface area contributed by atoms with Gasteiger partial charge in [0.05, 0.1) is 17.5 Å². The van der Waals surface area contributed by atoms with Gasteiger partial charge in [-0.3, -0.25) is 4.79 Å². The van der Waals surface area contributed by atoms with Gasteiger partial charge in [0, 0.05) is 21.4 Å². The van der Waals surface area contributed by atoms with E-state index in [0.29, 0.717) is 11.3 Å². The van der Waals surface area contributed by atoms with Gasteiger partial charge in [-0.05, 0) is 48.0 Å². The van der Waals surface area contributed by atoms with Crippen LogP contribution in [0, 0.1) is 0 Å². The molecule has 0 bridgehead atoms. The molecule has 0 amide bonds. The molecular formula is C26H18F3N3O2S. The van der Waals surface area contributed by atoms with Gasteiger partial charge in [0.15, 0.2) is 0 Å². The van der Waals surface area contributed by atoms with E-state index in [4.69, 9.17) is 4.74 Å². The summed E-state index contributed by atoms with van der Waals surface area (Å²) in [5.74, 6) is 0.0563. The second kappa shape index (κ2) is 9.34. The summed E-state index contributed by atoms with van der Waals surface area (Å²) in [6.45, 7) is -0.107. The summed E-state index contributed by atoms with van der Waals surface area (Å²) in [6, 6.07) is 23.8. The number of benzene rings is 3. The molecule has 0 fully saturated rings. The average Bonchev–Trinajstić information content (AvgIpc) is 3.28. The van der Waals surface area contributed by atoms with Crippen LogP contribution >= 0.6 is 11.8 Å². The topological polar surface area (TPSA) is 59.4 Å². The van der Waals surface area contributed by atoms with Crippen LogP contribution < -0.4 is 10.3 Å². The van der Waals surface area contributed by atoms with Gasteiger partial charge in [-0.25, -0.2) is 0 Å². The zero-order chi connectivity index (χ0) is 24.4. The first-order valence-corrected chi connectivity index (χ1v) is 11.4. The van der Waals surface area contributed by atoms with E-state index < -0.39 is 11.7 Å². The van der Waals surface area contributed by atoms with E-state index in [1.165, 1.54) is 22.7 Å². The van der Waals surface area contributed by atoms with Crippen LogP contribution in [0.1, 0.15) is 11.3 Å². The van der Waals surface area contributed by atoms with Gasteiger partial charge in [0.25, 0.3) is 5.56 Å². The minimum Gasteiger partial charge on any atom is -0.487 e. The maximum atomic E-state index is 12.9. The van der Waals surface area contributed by atoms with Gasteiger partial charge in [-0.1, -0.05) is 48.2 Å². The largest absolute Gasteiger partial charge is 0.487 e. The molecule has 0 saturated carbocycles. The summed E-state index contributed by atoms with van der Waals surface area (Å²) >= 11 is 1.64. The molecule has 0 atom stereocenters. The molecule has 2 aromatic heterocycles. The lowest BCUT2D eigenvalue weighted by Gasteiger charge is -2.10. The van der Waals surface area contributed by atoms with Crippen LogP contribution in [0.5, 0.6) is 5.75 Å². The van der Waals surface area contributed by atoms with Gasteiger partial charge in [-0.15, -0.1) is 0 Å². The molecule has 0 aliphatic carbocycles. The van der Waals surface area contributed by atoms with Crippen molar-refractivity contribution in [1.82, 2.24) is 14.6 Å². The number of halogens is 3. The number of hydrogen-bond donors (Lipinski definition) is 1. The Bertz CT molecular complexity index is 1530. The van der Waals surface area contributed by atoms with Gasteiger partial charge in [-0.2, -0.15) is 22.8 Å². The third kappa shape index (κ3) is 5.09. The maximum absolute atomic E-state index is 12.9. The molecular weight excluding hydrogens is 475 g/mol. The second-order valence-corrected chi connectivity index (χ2v) is 8.85. The fourth-order valence-electron chi connectivity index (χ4n) is 3.57. The number of fused-ring (bicyclic) bond motifs is 1. The third-order valence-electron chi connectivity index (χ3n) is 5.25. The number of rotatable bonds is 6. The van der Waals surface area contributed by atoms with E-state index in [9.17, 15) is 18.0 Å². The van der Waals surface area contributed by atoms with Crippen LogP contribution in [0.15, 0.2) is 106 Å². The van der Waals surface area contributed by atoms with E-state index in [1.807, 2.05) is 54.6 Å². The molecule has 2 heterocycles. The first kappa shape index (κ1) is 22.8. The monoisotopic (exact) mass is 493 g/mol. The highest BCUT2D eigenvalue weighted by molar-refractivity contribution is 7.99. The van der Waals surface area contributed by atoms with Crippen molar-refractivity contribution >= 4 is 17.4 Å². The zero-order valence-corrected chi connectivity index (χ0v) is 18.9. The Labute approximate surface area is 202 Å². The average molecular weight is 494 g/mol. The molecule has 9 heteroatoms. The minimum absolute atomic E-state index is 0.0563. The quantitative estimate of drug-likeness (QED) is 0.296. The Morgan fingerprint density at radius 1 is 0.914 bits per heavy atom. The SMILES string of the molecule is O=c1cc(COc2cccc(C(F)(F)F)c2)[nH]c2c(-c3ccc(Sc4ccccc4)cc3)cnn12. The standard InChI is InChI=1S/C26H18F3N3O2S/c27-26(28,29)18-5-4-6-20(13-18)34-16-19-14-24(33)32-25(31-19)23(15-30-32)17-9-11-22(12-10-17)35-21-7-2-1-3-8-21/h1-15,31H,16H2. The molecule has 0 spiro atoms. The van der Waals surface area contributed by atoms with Crippen molar-refractivity contribution in [1.29, 1.82) is 0 Å². The predicted molar refractivity (Wildman–Crippen MR) is 128 cm³/mol. The number of alkyl halides is 3. The molecule has 5 rings (SSSR count). The Morgan fingerprint density at radius 2 is 1.66 bits per heavy atom. The Hall–Kier alpha value is -3.98. The van der Waals surface area contributed by atoms with Crippen LogP contribution in [0.4, 0.5) is 13.2 Å². The maximum Gasteiger partial charge on any atom is 0.416 e. The van der Waals surface area contributed by atoms with Gasteiger partial charge in [0.1, 0.15) is 18.0 Å². The van der Waals surface area contributed by atoms with Crippen molar-refractivity contribution < 1.29 is 17.9 Å². The van der Waals surface area contributed by atoms with Crippen molar-refractivity contribution in [3.8, 4) is 16.9 Å². The summed E-state index contributed by atoms with van der Waals surface area (Å²) in [5.41, 5.74) is 1.31. The molecule has 0 aliphatic heterocycles. The minimum atomic E-state index is -4.46. The zero-order valence-electron chi connectivity index (χ0n) is 18.1. The summed E-state index contributed by atoms with van der Waals surface area (Å²) in [6.07, 6.45) is -2.86. The molecule has 1 N–H and O–H groups in total. The summed E-state index contributed by atoms with van der Waals surface area (Å²) in [7, 11) is 0. The number of aromatic amines is 1. The number of nitrogens with zero attached hydrogens (tertiary/aromatic N) is 2. The Morgan fingerprint density at radius 3 is 2.40 bits per heavy atom. The first-order chi connectivity index (χ1) is 16.9. The van der Waals surface area contributed by atoms with Crippen molar-refractivity contribution in [2.75, 3.05) is 0 Å². The Balaban J connectivity index is 1.38. The number of nitrogens with one attached hydrogen (secondary N) is 1. The third-order valence-corrected chi connectivity index (χ3v) is 6.27. The van der Waals surface area contributed by atoms with Gasteiger partial charge < -0.3 is 9.72 Å². The molecule has 3 aromatic carbocycles. The molecule has 5 aromatic rings. The van der Waals surface area contributed by atoms with E-state index in [2.05, 4.69) is 10.1 Å². The van der Waals surface area contributed by atoms with Crippen molar-refractivity contribution in [3.05, 3.63) is 113 Å². The van der Waals surface area contributed by atoms with Crippen LogP contribution in [0.3, 0.4) is 0 Å². The summed E-state index contributed by atoms with van der Waals surface area (Å²) < 4.78 is 45.6. The molecule has 0 saturated heterocycles. The fourth-order valence-corrected chi connectivity index (χ4v) is 4.41. The second-order valence-electron chi connectivity index (χ2n) is 7.71. The fraction of sp³-hybridized carbons (Fsp3) is 0.0769. The number of hydrogen-bond acceptors (Lipinski definition) is 4. The van der Waals surface area contributed by atoms with Crippen LogP contribution in [-0.4, -0.2) is 14.6 Å². The molecule has 35 heavy (non-hydrogen) atoms. The molecule has 176 valence electrons. The predicted octanol–water partition coefficient (Wildman–Crippen LogP) is 6.44. The lowest BCUT2D eigenvalue weighted by molar-refractivity contribution is -0.137.